The number of benzene rings is 4. The zero-order valence-electron chi connectivity index (χ0n) is 24.9. The molecule has 12 heteroatoms. The number of sulfonamides is 1. The van der Waals surface area contributed by atoms with Crippen molar-refractivity contribution in [2.45, 2.75) is 24.8 Å². The van der Waals surface area contributed by atoms with Crippen molar-refractivity contribution in [3.63, 3.8) is 0 Å². The van der Waals surface area contributed by atoms with Gasteiger partial charge in [-0.1, -0.05) is 59.6 Å². The number of anilines is 1. The number of hydrogen-bond donors (Lipinski definition) is 2. The third-order valence-corrected chi connectivity index (χ3v) is 8.73. The molecule has 0 aliphatic heterocycles. The van der Waals surface area contributed by atoms with Crippen molar-refractivity contribution in [3.05, 3.63) is 119 Å². The van der Waals surface area contributed by atoms with Crippen LogP contribution in [0.15, 0.2) is 107 Å². The summed E-state index contributed by atoms with van der Waals surface area (Å²) in [6, 6.07) is 26.9. The van der Waals surface area contributed by atoms with E-state index in [0.717, 1.165) is 15.4 Å². The van der Waals surface area contributed by atoms with Gasteiger partial charge in [0.15, 0.2) is 6.61 Å². The molecular formula is C33H33ClN4O6S. The lowest BCUT2D eigenvalue weighted by Gasteiger charge is -2.24. The van der Waals surface area contributed by atoms with Crippen LogP contribution in [0.25, 0.3) is 0 Å². The number of amides is 2. The first-order valence-electron chi connectivity index (χ1n) is 13.9. The highest BCUT2D eigenvalue weighted by Gasteiger charge is 2.28. The average Bonchev–Trinajstić information content (AvgIpc) is 3.03. The minimum Gasteiger partial charge on any atom is -0.495 e. The molecule has 0 fully saturated rings. The fraction of sp³-hybridized carbons (Fsp3) is 0.182. The van der Waals surface area contributed by atoms with Crippen LogP contribution in [0.5, 0.6) is 11.5 Å². The molecule has 2 N–H and O–H groups in total. The largest absolute Gasteiger partial charge is 0.495 e. The van der Waals surface area contributed by atoms with Crippen LogP contribution in [0.3, 0.4) is 0 Å². The van der Waals surface area contributed by atoms with Gasteiger partial charge in [-0.2, -0.15) is 5.10 Å². The summed E-state index contributed by atoms with van der Waals surface area (Å²) in [5, 5.41) is 7.05. The molecule has 0 saturated carbocycles. The standard InChI is InChI=1S/C33H33ClN4O6S/c1-23-9-16-29(17-10-23)45(41,42)38(27-13-18-31(43-3)30(34)19-27)21-32(39)37-35-20-25-11-14-28(15-12-25)44-22-33(40)36-24(2)26-7-5-4-6-8-26/h4-20,24H,21-22H2,1-3H3,(H,36,40)(H,37,39)/b35-20-/t24-/m1/s1. The first kappa shape index (κ1) is 33.0. The van der Waals surface area contributed by atoms with Crippen LogP contribution in [-0.2, 0) is 19.6 Å². The highest BCUT2D eigenvalue weighted by molar-refractivity contribution is 7.92. The van der Waals surface area contributed by atoms with Crippen LogP contribution in [0.1, 0.15) is 29.7 Å². The summed E-state index contributed by atoms with van der Waals surface area (Å²) in [5.74, 6) is -0.0899. The van der Waals surface area contributed by atoms with Crippen molar-refractivity contribution in [3.8, 4) is 11.5 Å². The highest BCUT2D eigenvalue weighted by atomic mass is 35.5. The predicted octanol–water partition coefficient (Wildman–Crippen LogP) is 5.26. The fourth-order valence-electron chi connectivity index (χ4n) is 4.21. The monoisotopic (exact) mass is 648 g/mol. The molecule has 4 aromatic carbocycles. The molecule has 10 nitrogen and oxygen atoms in total. The van der Waals surface area contributed by atoms with Crippen LogP contribution in [0.4, 0.5) is 5.69 Å². The van der Waals surface area contributed by atoms with E-state index >= 15 is 0 Å². The van der Waals surface area contributed by atoms with E-state index < -0.39 is 22.5 Å². The first-order chi connectivity index (χ1) is 21.6. The third-order valence-electron chi connectivity index (χ3n) is 6.65. The SMILES string of the molecule is COc1ccc(N(CC(=O)N/N=C\c2ccc(OCC(=O)N[C@H](C)c3ccccc3)cc2)S(=O)(=O)c2ccc(C)cc2)cc1Cl. The summed E-state index contributed by atoms with van der Waals surface area (Å²) in [5.41, 5.74) is 5.07. The van der Waals surface area contributed by atoms with Gasteiger partial charge in [0.05, 0.1) is 35.0 Å². The second-order valence-corrected chi connectivity index (χ2v) is 12.3. The van der Waals surface area contributed by atoms with E-state index in [4.69, 9.17) is 21.1 Å². The van der Waals surface area contributed by atoms with E-state index in [0.29, 0.717) is 17.1 Å². The van der Waals surface area contributed by atoms with Gasteiger partial charge in [0.2, 0.25) is 0 Å². The summed E-state index contributed by atoms with van der Waals surface area (Å²) in [7, 11) is -2.69. The highest BCUT2D eigenvalue weighted by Crippen LogP contribution is 2.32. The number of rotatable bonds is 13. The van der Waals surface area contributed by atoms with Gasteiger partial charge in [0, 0.05) is 0 Å². The first-order valence-corrected chi connectivity index (χ1v) is 15.7. The van der Waals surface area contributed by atoms with Gasteiger partial charge in [-0.25, -0.2) is 13.8 Å². The quantitative estimate of drug-likeness (QED) is 0.151. The lowest BCUT2D eigenvalue weighted by molar-refractivity contribution is -0.123. The molecular weight excluding hydrogens is 616 g/mol. The molecule has 0 aliphatic rings. The summed E-state index contributed by atoms with van der Waals surface area (Å²) < 4.78 is 38.9. The number of ether oxygens (including phenoxy) is 2. The van der Waals surface area contributed by atoms with E-state index in [2.05, 4.69) is 15.8 Å². The number of carbonyl (C=O) groups excluding carboxylic acids is 2. The maximum absolute atomic E-state index is 13.6. The Labute approximate surface area is 267 Å². The normalized spacial score (nSPS) is 11.9. The number of carbonyl (C=O) groups is 2. The lowest BCUT2D eigenvalue weighted by atomic mass is 10.1. The van der Waals surface area contributed by atoms with Crippen molar-refractivity contribution in [1.29, 1.82) is 0 Å². The van der Waals surface area contributed by atoms with Crippen molar-refractivity contribution >= 4 is 45.3 Å². The predicted molar refractivity (Wildman–Crippen MR) is 174 cm³/mol. The molecule has 234 valence electrons. The molecule has 4 aromatic rings. The Morgan fingerprint density at radius 2 is 1.64 bits per heavy atom. The van der Waals surface area contributed by atoms with Crippen molar-refractivity contribution < 1.29 is 27.5 Å². The fourth-order valence-corrected chi connectivity index (χ4v) is 5.88. The second kappa shape index (κ2) is 15.2. The van der Waals surface area contributed by atoms with Gasteiger partial charge < -0.3 is 14.8 Å². The number of methoxy groups -OCH3 is 1. The number of aryl methyl sites for hydroxylation is 1. The Morgan fingerprint density at radius 3 is 2.29 bits per heavy atom. The Hall–Kier alpha value is -4.87. The zero-order valence-corrected chi connectivity index (χ0v) is 26.5. The number of hydrogen-bond acceptors (Lipinski definition) is 7. The molecule has 45 heavy (non-hydrogen) atoms. The van der Waals surface area contributed by atoms with Crippen LogP contribution in [0.2, 0.25) is 5.02 Å². The Balaban J connectivity index is 1.36. The van der Waals surface area contributed by atoms with E-state index in [1.165, 1.54) is 43.7 Å². The topological polar surface area (TPSA) is 126 Å². The third kappa shape index (κ3) is 9.07. The van der Waals surface area contributed by atoms with E-state index in [1.807, 2.05) is 44.2 Å². The number of nitrogens with one attached hydrogen (secondary N) is 2. The zero-order chi connectivity index (χ0) is 32.4. The summed E-state index contributed by atoms with van der Waals surface area (Å²) >= 11 is 6.27. The Kier molecular flexibility index (Phi) is 11.2. The molecule has 0 spiro atoms. The van der Waals surface area contributed by atoms with E-state index in [9.17, 15) is 18.0 Å². The molecule has 0 heterocycles. The molecule has 0 aromatic heterocycles. The minimum absolute atomic E-state index is 0.0156. The van der Waals surface area contributed by atoms with Crippen LogP contribution in [0, 0.1) is 6.92 Å². The molecule has 0 aliphatic carbocycles. The Morgan fingerprint density at radius 1 is 0.956 bits per heavy atom. The molecule has 1 atom stereocenters. The van der Waals surface area contributed by atoms with Gasteiger partial charge in [0.1, 0.15) is 18.0 Å². The van der Waals surface area contributed by atoms with Crippen LogP contribution < -0.4 is 24.5 Å². The van der Waals surface area contributed by atoms with E-state index in [-0.39, 0.29) is 34.2 Å². The van der Waals surface area contributed by atoms with Gasteiger partial charge in [0.25, 0.3) is 21.8 Å². The van der Waals surface area contributed by atoms with Gasteiger partial charge in [-0.3, -0.25) is 13.9 Å². The van der Waals surface area contributed by atoms with Crippen molar-refractivity contribution in [1.82, 2.24) is 10.7 Å². The van der Waals surface area contributed by atoms with Gasteiger partial charge in [-0.05, 0) is 79.6 Å². The van der Waals surface area contributed by atoms with Crippen molar-refractivity contribution in [2.24, 2.45) is 5.10 Å². The number of halogens is 1. The molecule has 0 saturated heterocycles. The van der Waals surface area contributed by atoms with Crippen molar-refractivity contribution in [2.75, 3.05) is 24.6 Å². The molecule has 0 radical (unpaired) electrons. The average molecular weight is 649 g/mol. The molecule has 4 rings (SSSR count). The van der Waals surface area contributed by atoms with Gasteiger partial charge >= 0.3 is 0 Å². The summed E-state index contributed by atoms with van der Waals surface area (Å²) in [4.78, 5) is 25.2. The summed E-state index contributed by atoms with van der Waals surface area (Å²) in [6.45, 7) is 3.03. The molecule has 0 unspecified atom stereocenters. The smallest absolute Gasteiger partial charge is 0.264 e. The van der Waals surface area contributed by atoms with Crippen LogP contribution >= 0.6 is 11.6 Å². The van der Waals surface area contributed by atoms with Crippen LogP contribution in [-0.4, -0.2) is 46.7 Å². The number of hydrazone groups is 1. The van der Waals surface area contributed by atoms with E-state index in [1.54, 1.807) is 36.4 Å². The Bertz CT molecular complexity index is 1750. The second-order valence-electron chi connectivity index (χ2n) is 9.99. The lowest BCUT2D eigenvalue weighted by Crippen LogP contribution is -2.39. The molecule has 0 bridgehead atoms. The maximum Gasteiger partial charge on any atom is 0.264 e. The summed E-state index contributed by atoms with van der Waals surface area (Å²) in [6.07, 6.45) is 1.40. The maximum atomic E-state index is 13.6. The minimum atomic E-state index is -4.14. The van der Waals surface area contributed by atoms with Gasteiger partial charge in [-0.15, -0.1) is 0 Å². The molecule has 2 amide bonds. The number of nitrogens with zero attached hydrogens (tertiary/aromatic N) is 2.